The van der Waals surface area contributed by atoms with E-state index >= 15 is 0 Å². The number of hydrogen-bond acceptors (Lipinski definition) is 3. The normalized spacial score (nSPS) is 28.6. The zero-order chi connectivity index (χ0) is 13.2. The number of amides is 1. The van der Waals surface area contributed by atoms with Crippen LogP contribution in [0.4, 0.5) is 5.69 Å². The molecule has 3 atom stereocenters. The number of rotatable bonds is 4. The Kier molecular flexibility index (Phi) is 3.86. The van der Waals surface area contributed by atoms with Crippen LogP contribution in [0.25, 0.3) is 0 Å². The Bertz CT molecular complexity index is 463. The monoisotopic (exact) mass is 324 g/mol. The minimum Gasteiger partial charge on any atom is -0.373 e. The Morgan fingerprint density at radius 3 is 2.74 bits per heavy atom. The van der Waals surface area contributed by atoms with E-state index in [0.29, 0.717) is 24.8 Å². The van der Waals surface area contributed by atoms with E-state index in [4.69, 9.17) is 4.74 Å². The van der Waals surface area contributed by atoms with Crippen LogP contribution >= 0.6 is 15.9 Å². The average molecular weight is 325 g/mol. The van der Waals surface area contributed by atoms with E-state index in [-0.39, 0.29) is 5.91 Å². The van der Waals surface area contributed by atoms with Crippen LogP contribution < -0.4 is 10.6 Å². The van der Waals surface area contributed by atoms with Crippen molar-refractivity contribution in [2.75, 3.05) is 11.9 Å². The Morgan fingerprint density at radius 1 is 1.32 bits per heavy atom. The molecule has 1 amide bonds. The maximum Gasteiger partial charge on any atom is 0.238 e. The molecule has 0 saturated carbocycles. The topological polar surface area (TPSA) is 50.4 Å². The highest BCUT2D eigenvalue weighted by atomic mass is 79.9. The van der Waals surface area contributed by atoms with Crippen LogP contribution in [0.1, 0.15) is 19.3 Å². The lowest BCUT2D eigenvalue weighted by Crippen LogP contribution is -2.41. The molecular weight excluding hydrogens is 308 g/mol. The van der Waals surface area contributed by atoms with E-state index in [0.717, 1.165) is 23.0 Å². The number of anilines is 1. The molecule has 2 fully saturated rings. The van der Waals surface area contributed by atoms with Gasteiger partial charge in [-0.3, -0.25) is 4.79 Å². The summed E-state index contributed by atoms with van der Waals surface area (Å²) in [5, 5.41) is 6.17. The molecule has 2 bridgehead atoms. The Hall–Kier alpha value is -0.910. The first kappa shape index (κ1) is 13.1. The van der Waals surface area contributed by atoms with E-state index in [9.17, 15) is 4.79 Å². The number of carbonyl (C=O) groups excluding carboxylic acids is 1. The molecule has 0 aliphatic carbocycles. The molecule has 0 spiro atoms. The highest BCUT2D eigenvalue weighted by Gasteiger charge is 2.40. The molecule has 3 rings (SSSR count). The Balaban J connectivity index is 1.45. The van der Waals surface area contributed by atoms with Crippen LogP contribution in [-0.4, -0.2) is 30.7 Å². The number of ether oxygens (including phenoxy) is 1. The van der Waals surface area contributed by atoms with Gasteiger partial charge in [-0.05, 0) is 43.5 Å². The van der Waals surface area contributed by atoms with Gasteiger partial charge in [0.2, 0.25) is 5.91 Å². The van der Waals surface area contributed by atoms with Gasteiger partial charge >= 0.3 is 0 Å². The van der Waals surface area contributed by atoms with Gasteiger partial charge in [-0.2, -0.15) is 0 Å². The summed E-state index contributed by atoms with van der Waals surface area (Å²) in [7, 11) is 0. The number of fused-ring (bicyclic) bond motifs is 2. The van der Waals surface area contributed by atoms with Crippen molar-refractivity contribution in [3.05, 3.63) is 28.7 Å². The molecule has 1 aromatic carbocycles. The molecule has 0 radical (unpaired) electrons. The van der Waals surface area contributed by atoms with Crippen molar-refractivity contribution < 1.29 is 9.53 Å². The molecule has 2 aliphatic heterocycles. The molecule has 0 aromatic heterocycles. The average Bonchev–Trinajstić information content (AvgIpc) is 3.01. The van der Waals surface area contributed by atoms with Gasteiger partial charge in [-0.1, -0.05) is 15.9 Å². The van der Waals surface area contributed by atoms with Crippen LogP contribution in [0, 0.1) is 0 Å². The summed E-state index contributed by atoms with van der Waals surface area (Å²) in [5.74, 6) is -0.00917. The molecular formula is C14H17BrN2O2. The summed E-state index contributed by atoms with van der Waals surface area (Å²) in [6, 6.07) is 7.92. The lowest BCUT2D eigenvalue weighted by Gasteiger charge is -2.19. The van der Waals surface area contributed by atoms with Crippen molar-refractivity contribution in [1.29, 1.82) is 0 Å². The lowest BCUT2D eigenvalue weighted by molar-refractivity contribution is -0.115. The fourth-order valence-electron chi connectivity index (χ4n) is 2.81. The van der Waals surface area contributed by atoms with Gasteiger partial charge in [0.25, 0.3) is 0 Å². The molecule has 3 unspecified atom stereocenters. The Morgan fingerprint density at radius 2 is 2.11 bits per heavy atom. The first-order chi connectivity index (χ1) is 9.20. The first-order valence-electron chi connectivity index (χ1n) is 6.65. The number of nitrogens with one attached hydrogen (secondary N) is 2. The second-order valence-corrected chi connectivity index (χ2v) is 6.07. The summed E-state index contributed by atoms with van der Waals surface area (Å²) in [5.41, 5.74) is 0.819. The van der Waals surface area contributed by atoms with E-state index in [1.54, 1.807) is 0 Å². The standard InChI is InChI=1S/C14H17BrN2O2/c15-9-1-3-10(4-2-9)17-14(18)8-16-12-7-11-5-6-13(12)19-11/h1-4,11-13,16H,5-8H2,(H,17,18). The van der Waals surface area contributed by atoms with Gasteiger partial charge in [0.1, 0.15) is 0 Å². The molecule has 2 saturated heterocycles. The smallest absolute Gasteiger partial charge is 0.238 e. The fourth-order valence-corrected chi connectivity index (χ4v) is 3.08. The highest BCUT2D eigenvalue weighted by Crippen LogP contribution is 2.34. The van der Waals surface area contributed by atoms with E-state index in [1.807, 2.05) is 24.3 Å². The van der Waals surface area contributed by atoms with E-state index in [1.165, 1.54) is 6.42 Å². The second-order valence-electron chi connectivity index (χ2n) is 5.15. The van der Waals surface area contributed by atoms with Crippen LogP contribution in [-0.2, 0) is 9.53 Å². The van der Waals surface area contributed by atoms with E-state index < -0.39 is 0 Å². The van der Waals surface area contributed by atoms with Crippen LogP contribution in [0.15, 0.2) is 28.7 Å². The van der Waals surface area contributed by atoms with Crippen LogP contribution in [0.2, 0.25) is 0 Å². The van der Waals surface area contributed by atoms with Gasteiger partial charge in [0.05, 0.1) is 18.8 Å². The van der Waals surface area contributed by atoms with Crippen molar-refractivity contribution in [3.63, 3.8) is 0 Å². The summed E-state index contributed by atoms with van der Waals surface area (Å²) in [4.78, 5) is 11.8. The molecule has 2 N–H and O–H groups in total. The number of carbonyl (C=O) groups is 1. The number of halogens is 1. The molecule has 5 heteroatoms. The van der Waals surface area contributed by atoms with Gasteiger partial charge < -0.3 is 15.4 Å². The first-order valence-corrected chi connectivity index (χ1v) is 7.44. The summed E-state index contributed by atoms with van der Waals surface area (Å²) in [6.07, 6.45) is 4.06. The maximum atomic E-state index is 11.8. The van der Waals surface area contributed by atoms with Crippen molar-refractivity contribution in [2.45, 2.75) is 37.5 Å². The second kappa shape index (κ2) is 5.61. The zero-order valence-corrected chi connectivity index (χ0v) is 12.2. The van der Waals surface area contributed by atoms with Crippen LogP contribution in [0.5, 0.6) is 0 Å². The van der Waals surface area contributed by atoms with Gasteiger partial charge in [-0.25, -0.2) is 0 Å². The predicted molar refractivity (Wildman–Crippen MR) is 77.1 cm³/mol. The lowest BCUT2D eigenvalue weighted by atomic mass is 9.95. The fraction of sp³-hybridized carbons (Fsp3) is 0.500. The summed E-state index contributed by atoms with van der Waals surface area (Å²) < 4.78 is 6.75. The quantitative estimate of drug-likeness (QED) is 0.893. The number of benzene rings is 1. The Labute approximate surface area is 121 Å². The minimum absolute atomic E-state index is 0.00917. The van der Waals surface area contributed by atoms with Crippen molar-refractivity contribution >= 4 is 27.5 Å². The third-order valence-electron chi connectivity index (χ3n) is 3.76. The minimum atomic E-state index is -0.00917. The van der Waals surface area contributed by atoms with Gasteiger partial charge in [0.15, 0.2) is 0 Å². The van der Waals surface area contributed by atoms with Crippen LogP contribution in [0.3, 0.4) is 0 Å². The summed E-state index contributed by atoms with van der Waals surface area (Å²) >= 11 is 3.37. The van der Waals surface area contributed by atoms with Gasteiger partial charge in [0, 0.05) is 16.2 Å². The molecule has 2 aliphatic rings. The highest BCUT2D eigenvalue weighted by molar-refractivity contribution is 9.10. The largest absolute Gasteiger partial charge is 0.373 e. The maximum absolute atomic E-state index is 11.8. The van der Waals surface area contributed by atoms with Crippen molar-refractivity contribution in [3.8, 4) is 0 Å². The summed E-state index contributed by atoms with van der Waals surface area (Å²) in [6.45, 7) is 0.341. The number of hydrogen-bond donors (Lipinski definition) is 2. The molecule has 4 nitrogen and oxygen atoms in total. The zero-order valence-electron chi connectivity index (χ0n) is 10.6. The third-order valence-corrected chi connectivity index (χ3v) is 4.29. The molecule has 102 valence electrons. The SMILES string of the molecule is O=C(CNC1CC2CCC1O2)Nc1ccc(Br)cc1. The van der Waals surface area contributed by atoms with Gasteiger partial charge in [-0.15, -0.1) is 0 Å². The van der Waals surface area contributed by atoms with E-state index in [2.05, 4.69) is 26.6 Å². The third kappa shape index (κ3) is 3.16. The predicted octanol–water partition coefficient (Wildman–Crippen LogP) is 2.30. The van der Waals surface area contributed by atoms with Crippen molar-refractivity contribution in [2.24, 2.45) is 0 Å². The molecule has 1 aromatic rings. The van der Waals surface area contributed by atoms with Crippen molar-refractivity contribution in [1.82, 2.24) is 5.32 Å². The molecule has 19 heavy (non-hydrogen) atoms. The molecule has 2 heterocycles.